The number of likely N-dealkylation sites (tertiary alicyclic amines) is 1. The summed E-state index contributed by atoms with van der Waals surface area (Å²) in [6.07, 6.45) is -4.51. The summed E-state index contributed by atoms with van der Waals surface area (Å²) in [6, 6.07) is 20.8. The van der Waals surface area contributed by atoms with Crippen molar-refractivity contribution in [3.05, 3.63) is 106 Å². The number of benzene rings is 3. The summed E-state index contributed by atoms with van der Waals surface area (Å²) in [5, 5.41) is 3.15. The number of hydrogen-bond donors (Lipinski definition) is 1. The average Bonchev–Trinajstić information content (AvgIpc) is 3.28. The number of nitrogens with zero attached hydrogens (tertiary/aromatic N) is 1. The molecule has 3 aromatic carbocycles. The second kappa shape index (κ2) is 9.89. The zero-order valence-corrected chi connectivity index (χ0v) is 18.8. The highest BCUT2D eigenvalue weighted by Gasteiger charge is 2.41. The molecule has 1 aliphatic rings. The summed E-state index contributed by atoms with van der Waals surface area (Å²) >= 11 is 6.19. The van der Waals surface area contributed by atoms with E-state index in [0.29, 0.717) is 5.56 Å². The Labute approximate surface area is 200 Å². The SMILES string of the molecule is O=C(NCc1ccccc1)C1CN(C(=O)c2ccccc2Cl)CC1c1cccc(C(F)(F)F)c1. The van der Waals surface area contributed by atoms with Crippen LogP contribution in [-0.4, -0.2) is 29.8 Å². The molecule has 0 radical (unpaired) electrons. The molecule has 34 heavy (non-hydrogen) atoms. The number of rotatable bonds is 5. The van der Waals surface area contributed by atoms with Crippen LogP contribution in [0.2, 0.25) is 5.02 Å². The zero-order valence-electron chi connectivity index (χ0n) is 18.1. The summed E-state index contributed by atoms with van der Waals surface area (Å²) in [5.41, 5.74) is 0.763. The van der Waals surface area contributed by atoms with Crippen LogP contribution in [0.15, 0.2) is 78.9 Å². The van der Waals surface area contributed by atoms with Crippen molar-refractivity contribution in [3.8, 4) is 0 Å². The van der Waals surface area contributed by atoms with Gasteiger partial charge in [0.15, 0.2) is 0 Å². The number of carbonyl (C=O) groups is 2. The van der Waals surface area contributed by atoms with E-state index in [-0.39, 0.29) is 42.0 Å². The maximum Gasteiger partial charge on any atom is 0.416 e. The molecule has 1 saturated heterocycles. The van der Waals surface area contributed by atoms with Crippen LogP contribution in [0, 0.1) is 5.92 Å². The molecule has 0 saturated carbocycles. The summed E-state index contributed by atoms with van der Waals surface area (Å²) < 4.78 is 40.0. The molecule has 3 aromatic rings. The Morgan fingerprint density at radius 3 is 2.35 bits per heavy atom. The van der Waals surface area contributed by atoms with E-state index >= 15 is 0 Å². The van der Waals surface area contributed by atoms with E-state index < -0.39 is 23.6 Å². The molecule has 1 aliphatic heterocycles. The first-order valence-electron chi connectivity index (χ1n) is 10.8. The summed E-state index contributed by atoms with van der Waals surface area (Å²) in [6.45, 7) is 0.463. The molecule has 8 heteroatoms. The van der Waals surface area contributed by atoms with Gasteiger partial charge in [-0.15, -0.1) is 0 Å². The van der Waals surface area contributed by atoms with Crippen molar-refractivity contribution in [1.29, 1.82) is 0 Å². The van der Waals surface area contributed by atoms with Gasteiger partial charge in [0, 0.05) is 25.6 Å². The first-order chi connectivity index (χ1) is 16.2. The number of carbonyl (C=O) groups excluding carboxylic acids is 2. The van der Waals surface area contributed by atoms with Gasteiger partial charge >= 0.3 is 6.18 Å². The topological polar surface area (TPSA) is 49.4 Å². The standard InChI is InChI=1S/C26H22ClF3N2O2/c27-23-12-5-4-11-20(23)25(34)32-15-21(18-9-6-10-19(13-18)26(28,29)30)22(16-32)24(33)31-14-17-7-2-1-3-8-17/h1-13,21-22H,14-16H2,(H,31,33). The monoisotopic (exact) mass is 486 g/mol. The maximum absolute atomic E-state index is 13.3. The molecule has 2 unspecified atom stereocenters. The second-order valence-corrected chi connectivity index (χ2v) is 8.64. The third-order valence-electron chi connectivity index (χ3n) is 6.00. The molecule has 1 fully saturated rings. The number of nitrogens with one attached hydrogen (secondary N) is 1. The van der Waals surface area contributed by atoms with Crippen molar-refractivity contribution < 1.29 is 22.8 Å². The third-order valence-corrected chi connectivity index (χ3v) is 6.33. The molecule has 2 atom stereocenters. The van der Waals surface area contributed by atoms with Crippen LogP contribution < -0.4 is 5.32 Å². The first kappa shape index (κ1) is 23.8. The predicted molar refractivity (Wildman–Crippen MR) is 123 cm³/mol. The fourth-order valence-corrected chi connectivity index (χ4v) is 4.46. The van der Waals surface area contributed by atoms with E-state index in [0.717, 1.165) is 17.7 Å². The summed E-state index contributed by atoms with van der Waals surface area (Å²) in [7, 11) is 0. The lowest BCUT2D eigenvalue weighted by Crippen LogP contribution is -2.35. The third kappa shape index (κ3) is 5.25. The highest BCUT2D eigenvalue weighted by Crippen LogP contribution is 2.37. The normalized spacial score (nSPS) is 18.1. The molecule has 4 rings (SSSR count). The maximum atomic E-state index is 13.3. The van der Waals surface area contributed by atoms with Gasteiger partial charge in [-0.25, -0.2) is 0 Å². The minimum Gasteiger partial charge on any atom is -0.352 e. The van der Waals surface area contributed by atoms with Gasteiger partial charge in [-0.05, 0) is 29.3 Å². The van der Waals surface area contributed by atoms with Crippen LogP contribution in [0.25, 0.3) is 0 Å². The van der Waals surface area contributed by atoms with Crippen molar-refractivity contribution in [2.75, 3.05) is 13.1 Å². The van der Waals surface area contributed by atoms with Crippen LogP contribution in [0.5, 0.6) is 0 Å². The van der Waals surface area contributed by atoms with Gasteiger partial charge in [0.2, 0.25) is 5.91 Å². The van der Waals surface area contributed by atoms with Gasteiger partial charge < -0.3 is 10.2 Å². The average molecular weight is 487 g/mol. The molecule has 0 aromatic heterocycles. The largest absolute Gasteiger partial charge is 0.416 e. The van der Waals surface area contributed by atoms with Crippen molar-refractivity contribution in [2.45, 2.75) is 18.6 Å². The Kier molecular flexibility index (Phi) is 6.93. The zero-order chi connectivity index (χ0) is 24.3. The number of alkyl halides is 3. The molecule has 0 aliphatic carbocycles. The smallest absolute Gasteiger partial charge is 0.352 e. The van der Waals surface area contributed by atoms with Crippen LogP contribution >= 0.6 is 11.6 Å². The second-order valence-electron chi connectivity index (χ2n) is 8.23. The Morgan fingerprint density at radius 2 is 1.65 bits per heavy atom. The lowest BCUT2D eigenvalue weighted by atomic mass is 9.87. The van der Waals surface area contributed by atoms with Crippen LogP contribution in [0.3, 0.4) is 0 Å². The van der Waals surface area contributed by atoms with E-state index in [2.05, 4.69) is 5.32 Å². The quantitative estimate of drug-likeness (QED) is 0.515. The molecular formula is C26H22ClF3N2O2. The number of halogens is 4. The molecule has 176 valence electrons. The van der Waals surface area contributed by atoms with Crippen LogP contribution in [0.4, 0.5) is 13.2 Å². The minimum absolute atomic E-state index is 0.0750. The number of hydrogen-bond acceptors (Lipinski definition) is 2. The molecule has 1 N–H and O–H groups in total. The number of amides is 2. The van der Waals surface area contributed by atoms with Crippen LogP contribution in [0.1, 0.15) is 33.0 Å². The van der Waals surface area contributed by atoms with Crippen LogP contribution in [-0.2, 0) is 17.5 Å². The summed E-state index contributed by atoms with van der Waals surface area (Å²) in [4.78, 5) is 27.8. The molecular weight excluding hydrogens is 465 g/mol. The minimum atomic E-state index is -4.51. The fraction of sp³-hybridized carbons (Fsp3) is 0.231. The van der Waals surface area contributed by atoms with Gasteiger partial charge in [-0.2, -0.15) is 13.2 Å². The van der Waals surface area contributed by atoms with E-state index in [9.17, 15) is 22.8 Å². The molecule has 0 bridgehead atoms. The van der Waals surface area contributed by atoms with Gasteiger partial charge in [0.1, 0.15) is 0 Å². The van der Waals surface area contributed by atoms with Gasteiger partial charge in [-0.1, -0.05) is 72.3 Å². The Balaban J connectivity index is 1.61. The molecule has 0 spiro atoms. The van der Waals surface area contributed by atoms with E-state index in [1.165, 1.54) is 11.0 Å². The van der Waals surface area contributed by atoms with Crippen molar-refractivity contribution in [2.24, 2.45) is 5.92 Å². The van der Waals surface area contributed by atoms with E-state index in [4.69, 9.17) is 11.6 Å². The Bertz CT molecular complexity index is 1180. The van der Waals surface area contributed by atoms with Crippen molar-refractivity contribution in [1.82, 2.24) is 10.2 Å². The summed E-state index contributed by atoms with van der Waals surface area (Å²) in [5.74, 6) is -1.98. The fourth-order valence-electron chi connectivity index (χ4n) is 4.24. The van der Waals surface area contributed by atoms with Crippen molar-refractivity contribution in [3.63, 3.8) is 0 Å². The van der Waals surface area contributed by atoms with E-state index in [1.807, 2.05) is 30.3 Å². The molecule has 1 heterocycles. The Morgan fingerprint density at radius 1 is 0.941 bits per heavy atom. The lowest BCUT2D eigenvalue weighted by molar-refractivity contribution is -0.137. The van der Waals surface area contributed by atoms with Gasteiger partial charge in [0.05, 0.1) is 22.1 Å². The highest BCUT2D eigenvalue weighted by molar-refractivity contribution is 6.33. The highest BCUT2D eigenvalue weighted by atomic mass is 35.5. The molecule has 2 amide bonds. The predicted octanol–water partition coefficient (Wildman–Crippen LogP) is 5.53. The van der Waals surface area contributed by atoms with Gasteiger partial charge in [-0.3, -0.25) is 9.59 Å². The van der Waals surface area contributed by atoms with Crippen molar-refractivity contribution >= 4 is 23.4 Å². The van der Waals surface area contributed by atoms with E-state index in [1.54, 1.807) is 30.3 Å². The lowest BCUT2D eigenvalue weighted by Gasteiger charge is -2.19. The molecule has 4 nitrogen and oxygen atoms in total. The first-order valence-corrected chi connectivity index (χ1v) is 11.1. The van der Waals surface area contributed by atoms with Gasteiger partial charge in [0.25, 0.3) is 5.91 Å². The Hall–Kier alpha value is -3.32.